The fourth-order valence-electron chi connectivity index (χ4n) is 2.74. The number of hydrogen-bond acceptors (Lipinski definition) is 2. The topological polar surface area (TPSA) is 46.2 Å². The van der Waals surface area contributed by atoms with Crippen molar-refractivity contribution in [2.45, 2.75) is 18.2 Å². The van der Waals surface area contributed by atoms with E-state index in [1.165, 1.54) is 0 Å². The second-order valence-corrected chi connectivity index (χ2v) is 8.94. The first-order valence-electron chi connectivity index (χ1n) is 9.53. The highest BCUT2D eigenvalue weighted by atomic mass is 35.5. The van der Waals surface area contributed by atoms with E-state index >= 15 is 0 Å². The zero-order valence-electron chi connectivity index (χ0n) is 16.6. The smallest absolute Gasteiger partial charge is 0.211 e. The minimum Gasteiger partial charge on any atom is -0.211 e. The van der Waals surface area contributed by atoms with E-state index < -0.39 is 10.0 Å². The van der Waals surface area contributed by atoms with Crippen LogP contribution in [0.5, 0.6) is 0 Å². The van der Waals surface area contributed by atoms with Crippen LogP contribution in [0.25, 0.3) is 5.57 Å². The van der Waals surface area contributed by atoms with Gasteiger partial charge in [-0.05, 0) is 55.3 Å². The Bertz CT molecular complexity index is 1170. The average Bonchev–Trinajstić information content (AvgIpc) is 2.75. The lowest BCUT2D eigenvalue weighted by Crippen LogP contribution is -2.24. The van der Waals surface area contributed by atoms with Crippen LogP contribution in [-0.4, -0.2) is 15.0 Å². The van der Waals surface area contributed by atoms with Crippen LogP contribution >= 0.6 is 11.6 Å². The molecule has 3 rings (SSSR count). The quantitative estimate of drug-likeness (QED) is 0.413. The summed E-state index contributed by atoms with van der Waals surface area (Å²) in [4.78, 5) is 0.263. The molecule has 0 aliphatic rings. The number of halogens is 1. The number of allylic oxidation sites excluding steroid dienone is 1. The zero-order valence-corrected chi connectivity index (χ0v) is 18.2. The van der Waals surface area contributed by atoms with E-state index in [0.29, 0.717) is 11.4 Å². The Hall–Kier alpha value is -2.84. The Labute approximate surface area is 183 Å². The first-order valence-corrected chi connectivity index (χ1v) is 11.4. The molecule has 0 spiro atoms. The van der Waals surface area contributed by atoms with E-state index in [2.05, 4.69) is 16.6 Å². The Kier molecular flexibility index (Phi) is 7.48. The highest BCUT2D eigenvalue weighted by molar-refractivity contribution is 7.89. The molecule has 0 unspecified atom stereocenters. The maximum atomic E-state index is 12.4. The van der Waals surface area contributed by atoms with E-state index in [9.17, 15) is 8.42 Å². The molecule has 0 aliphatic carbocycles. The minimum atomic E-state index is -3.53. The van der Waals surface area contributed by atoms with Gasteiger partial charge < -0.3 is 0 Å². The molecule has 0 saturated carbocycles. The summed E-state index contributed by atoms with van der Waals surface area (Å²) in [7, 11) is -3.53. The van der Waals surface area contributed by atoms with Crippen molar-refractivity contribution in [1.29, 1.82) is 0 Å². The van der Waals surface area contributed by atoms with E-state index in [1.807, 2.05) is 67.6 Å². The van der Waals surface area contributed by atoms with Crippen molar-refractivity contribution in [2.75, 3.05) is 6.54 Å². The lowest BCUT2D eigenvalue weighted by molar-refractivity contribution is 0.582. The molecule has 0 fully saturated rings. The molecule has 5 heteroatoms. The van der Waals surface area contributed by atoms with Crippen molar-refractivity contribution in [3.63, 3.8) is 0 Å². The second-order valence-electron chi connectivity index (χ2n) is 6.74. The second kappa shape index (κ2) is 10.3. The van der Waals surface area contributed by atoms with Crippen LogP contribution < -0.4 is 4.72 Å². The minimum absolute atomic E-state index is 0.263. The summed E-state index contributed by atoms with van der Waals surface area (Å²) in [6.07, 6.45) is 2.45. The van der Waals surface area contributed by atoms with Gasteiger partial charge in [-0.15, -0.1) is 0 Å². The number of hydrogen-bond donors (Lipinski definition) is 1. The summed E-state index contributed by atoms with van der Waals surface area (Å²) in [5.41, 5.74) is 3.69. The SMILES string of the molecule is Cc1ccc(S(=O)(=O)NCC/C=C(\C#Cc2ccccc2)c2ccc(Cl)cc2)cc1. The van der Waals surface area contributed by atoms with E-state index in [0.717, 1.165) is 22.3 Å². The molecule has 3 aromatic carbocycles. The van der Waals surface area contributed by atoms with Gasteiger partial charge in [0, 0.05) is 22.7 Å². The molecule has 0 saturated heterocycles. The number of nitrogens with one attached hydrogen (secondary N) is 1. The summed E-state index contributed by atoms with van der Waals surface area (Å²) < 4.78 is 27.5. The lowest BCUT2D eigenvalue weighted by Gasteiger charge is -2.06. The molecule has 30 heavy (non-hydrogen) atoms. The molecule has 0 amide bonds. The molecular weight excluding hydrogens is 414 g/mol. The van der Waals surface area contributed by atoms with Crippen molar-refractivity contribution in [2.24, 2.45) is 0 Å². The van der Waals surface area contributed by atoms with E-state index in [4.69, 9.17) is 11.6 Å². The first-order chi connectivity index (χ1) is 14.4. The van der Waals surface area contributed by atoms with Gasteiger partial charge in [0.15, 0.2) is 0 Å². The van der Waals surface area contributed by atoms with Crippen molar-refractivity contribution in [1.82, 2.24) is 4.72 Å². The van der Waals surface area contributed by atoms with Gasteiger partial charge in [-0.25, -0.2) is 13.1 Å². The molecule has 0 aromatic heterocycles. The van der Waals surface area contributed by atoms with Gasteiger partial charge in [0.2, 0.25) is 10.0 Å². The lowest BCUT2D eigenvalue weighted by atomic mass is 10.0. The molecule has 3 nitrogen and oxygen atoms in total. The number of benzene rings is 3. The largest absolute Gasteiger partial charge is 0.240 e. The molecule has 0 atom stereocenters. The van der Waals surface area contributed by atoms with Gasteiger partial charge in [-0.1, -0.05) is 77.5 Å². The third-order valence-electron chi connectivity index (χ3n) is 4.39. The first kappa shape index (κ1) is 21.9. The van der Waals surface area contributed by atoms with Gasteiger partial charge in [-0.3, -0.25) is 0 Å². The van der Waals surface area contributed by atoms with Crippen LogP contribution in [0.2, 0.25) is 5.02 Å². The van der Waals surface area contributed by atoms with Crippen molar-refractivity contribution < 1.29 is 8.42 Å². The maximum Gasteiger partial charge on any atom is 0.240 e. The Balaban J connectivity index is 1.74. The predicted molar refractivity (Wildman–Crippen MR) is 124 cm³/mol. The molecule has 0 radical (unpaired) electrons. The van der Waals surface area contributed by atoms with Gasteiger partial charge in [0.1, 0.15) is 0 Å². The highest BCUT2D eigenvalue weighted by Gasteiger charge is 2.12. The fourth-order valence-corrected chi connectivity index (χ4v) is 3.92. The van der Waals surface area contributed by atoms with Gasteiger partial charge in [-0.2, -0.15) is 0 Å². The number of rotatable bonds is 6. The summed E-state index contributed by atoms with van der Waals surface area (Å²) in [6, 6.07) is 23.9. The molecule has 152 valence electrons. The van der Waals surface area contributed by atoms with Crippen LogP contribution in [0.3, 0.4) is 0 Å². The molecule has 0 bridgehead atoms. The summed E-state index contributed by atoms with van der Waals surface area (Å²) in [6.45, 7) is 2.20. The summed E-state index contributed by atoms with van der Waals surface area (Å²) >= 11 is 6.00. The number of sulfonamides is 1. The van der Waals surface area contributed by atoms with Crippen molar-refractivity contribution in [3.8, 4) is 11.8 Å². The maximum absolute atomic E-state index is 12.4. The van der Waals surface area contributed by atoms with Crippen LogP contribution in [0.1, 0.15) is 23.1 Å². The van der Waals surface area contributed by atoms with E-state index in [-0.39, 0.29) is 11.4 Å². The standard InChI is InChI=1S/C25H22ClNO2S/c1-20-9-17-25(18-10-20)30(28,29)27-19-5-8-22(23-13-15-24(26)16-14-23)12-11-21-6-3-2-4-7-21/h2-4,6-10,13-18,27H,5,19H2,1H3/b22-8+. The monoisotopic (exact) mass is 435 g/mol. The molecule has 0 aliphatic heterocycles. The Morgan fingerprint density at radius 3 is 2.30 bits per heavy atom. The van der Waals surface area contributed by atoms with Crippen LogP contribution in [0, 0.1) is 18.8 Å². The van der Waals surface area contributed by atoms with E-state index in [1.54, 1.807) is 24.3 Å². The van der Waals surface area contributed by atoms with Gasteiger partial charge in [0.25, 0.3) is 0 Å². The molecular formula is C25H22ClNO2S. The summed E-state index contributed by atoms with van der Waals surface area (Å²) in [5, 5.41) is 0.653. The third kappa shape index (κ3) is 6.33. The molecule has 3 aromatic rings. The summed E-state index contributed by atoms with van der Waals surface area (Å²) in [5.74, 6) is 6.35. The van der Waals surface area contributed by atoms with Crippen molar-refractivity contribution in [3.05, 3.63) is 107 Å². The molecule has 0 heterocycles. The Morgan fingerprint density at radius 2 is 1.63 bits per heavy atom. The fraction of sp³-hybridized carbons (Fsp3) is 0.120. The normalized spacial score (nSPS) is 11.6. The Morgan fingerprint density at radius 1 is 0.967 bits per heavy atom. The van der Waals surface area contributed by atoms with Gasteiger partial charge >= 0.3 is 0 Å². The van der Waals surface area contributed by atoms with Crippen LogP contribution in [0.4, 0.5) is 0 Å². The number of aryl methyl sites for hydroxylation is 1. The molecule has 1 N–H and O–H groups in total. The van der Waals surface area contributed by atoms with Crippen molar-refractivity contribution >= 4 is 27.2 Å². The predicted octanol–water partition coefficient (Wildman–Crippen LogP) is 5.45. The van der Waals surface area contributed by atoms with Gasteiger partial charge in [0.05, 0.1) is 4.90 Å². The average molecular weight is 436 g/mol. The van der Waals surface area contributed by atoms with Crippen LogP contribution in [0.15, 0.2) is 89.8 Å². The highest BCUT2D eigenvalue weighted by Crippen LogP contribution is 2.18. The third-order valence-corrected chi connectivity index (χ3v) is 6.12. The van der Waals surface area contributed by atoms with Crippen LogP contribution in [-0.2, 0) is 10.0 Å². The zero-order chi connectivity index (χ0) is 21.4.